The topological polar surface area (TPSA) is 29.9 Å². The minimum Gasteiger partial charge on any atom is -0.332 e. The van der Waals surface area contributed by atoms with Crippen molar-refractivity contribution in [2.24, 2.45) is 0 Å². The van der Waals surface area contributed by atoms with Crippen LogP contribution in [-0.4, -0.2) is 22.1 Å². The molecule has 14 heavy (non-hydrogen) atoms. The van der Waals surface area contributed by atoms with Gasteiger partial charge in [0.05, 0.1) is 6.33 Å². The average molecular weight is 193 g/mol. The third kappa shape index (κ3) is 1.57. The van der Waals surface area contributed by atoms with Crippen molar-refractivity contribution in [1.82, 2.24) is 14.9 Å². The summed E-state index contributed by atoms with van der Waals surface area (Å²) >= 11 is 0. The molecule has 1 aliphatic rings. The van der Waals surface area contributed by atoms with E-state index in [-0.39, 0.29) is 0 Å². The third-order valence-corrected chi connectivity index (χ3v) is 3.16. The molecule has 0 amide bonds. The zero-order valence-electron chi connectivity index (χ0n) is 9.20. The first kappa shape index (κ1) is 9.71. The second kappa shape index (κ2) is 3.73. The molecular formula is C11H19N3. The molecule has 3 heteroatoms. The molecule has 78 valence electrons. The van der Waals surface area contributed by atoms with Crippen molar-refractivity contribution in [1.29, 1.82) is 0 Å². The number of hydrogen-bond donors (Lipinski definition) is 1. The molecule has 0 spiro atoms. The van der Waals surface area contributed by atoms with E-state index in [1.165, 1.54) is 12.1 Å². The van der Waals surface area contributed by atoms with Gasteiger partial charge < -0.3 is 9.88 Å². The number of imidazole rings is 1. The van der Waals surface area contributed by atoms with E-state index >= 15 is 0 Å². The fourth-order valence-corrected chi connectivity index (χ4v) is 2.30. The fourth-order valence-electron chi connectivity index (χ4n) is 2.30. The van der Waals surface area contributed by atoms with Crippen LogP contribution in [0.2, 0.25) is 0 Å². The molecule has 1 aromatic rings. The smallest absolute Gasteiger partial charge is 0.0950 e. The summed E-state index contributed by atoms with van der Waals surface area (Å²) in [5.41, 5.74) is 1.39. The summed E-state index contributed by atoms with van der Waals surface area (Å²) in [6.07, 6.45) is 5.21. The van der Waals surface area contributed by atoms with Crippen molar-refractivity contribution < 1.29 is 0 Å². The first-order valence-electron chi connectivity index (χ1n) is 5.45. The standard InChI is InChI=1S/C11H19N3/c1-8(2)14-7-12-6-11(14)10-4-5-13-9(10)3/h6-10,13H,4-5H2,1-3H3. The molecule has 0 bridgehead atoms. The fraction of sp³-hybridized carbons (Fsp3) is 0.727. The zero-order chi connectivity index (χ0) is 10.1. The van der Waals surface area contributed by atoms with Crippen LogP contribution in [0.15, 0.2) is 12.5 Å². The Bertz CT molecular complexity index is 303. The van der Waals surface area contributed by atoms with Crippen molar-refractivity contribution in [3.63, 3.8) is 0 Å². The Hall–Kier alpha value is -0.830. The van der Waals surface area contributed by atoms with Crippen LogP contribution in [0, 0.1) is 0 Å². The maximum atomic E-state index is 4.26. The van der Waals surface area contributed by atoms with E-state index in [1.54, 1.807) is 0 Å². The van der Waals surface area contributed by atoms with Crippen LogP contribution in [0.25, 0.3) is 0 Å². The molecule has 0 radical (unpaired) electrons. The Labute approximate surface area is 85.5 Å². The summed E-state index contributed by atoms with van der Waals surface area (Å²) in [6, 6.07) is 1.10. The van der Waals surface area contributed by atoms with Gasteiger partial charge in [-0.3, -0.25) is 0 Å². The molecule has 1 aromatic heterocycles. The van der Waals surface area contributed by atoms with Gasteiger partial charge in [0.15, 0.2) is 0 Å². The van der Waals surface area contributed by atoms with Crippen LogP contribution < -0.4 is 5.32 Å². The summed E-state index contributed by atoms with van der Waals surface area (Å²) < 4.78 is 2.29. The second-order valence-corrected chi connectivity index (χ2v) is 4.46. The summed E-state index contributed by atoms with van der Waals surface area (Å²) in [6.45, 7) is 7.81. The molecule has 0 aliphatic carbocycles. The van der Waals surface area contributed by atoms with E-state index in [2.05, 4.69) is 35.6 Å². The van der Waals surface area contributed by atoms with Crippen LogP contribution in [0.5, 0.6) is 0 Å². The maximum absolute atomic E-state index is 4.26. The van der Waals surface area contributed by atoms with E-state index < -0.39 is 0 Å². The first-order chi connectivity index (χ1) is 6.70. The predicted octanol–water partition coefficient (Wildman–Crippen LogP) is 1.93. The molecule has 2 unspecified atom stereocenters. The maximum Gasteiger partial charge on any atom is 0.0950 e. The Kier molecular flexibility index (Phi) is 2.59. The minimum atomic E-state index is 0.514. The predicted molar refractivity (Wildman–Crippen MR) is 57.4 cm³/mol. The van der Waals surface area contributed by atoms with Gasteiger partial charge in [0, 0.05) is 29.9 Å². The van der Waals surface area contributed by atoms with Gasteiger partial charge in [-0.2, -0.15) is 0 Å². The van der Waals surface area contributed by atoms with Gasteiger partial charge in [0.25, 0.3) is 0 Å². The lowest BCUT2D eigenvalue weighted by Crippen LogP contribution is -2.23. The van der Waals surface area contributed by atoms with Gasteiger partial charge in [0.1, 0.15) is 0 Å². The molecule has 2 atom stereocenters. The van der Waals surface area contributed by atoms with Crippen molar-refractivity contribution in [2.45, 2.75) is 45.2 Å². The molecule has 2 heterocycles. The zero-order valence-corrected chi connectivity index (χ0v) is 9.20. The number of nitrogens with zero attached hydrogens (tertiary/aromatic N) is 2. The number of aromatic nitrogens is 2. The monoisotopic (exact) mass is 193 g/mol. The summed E-state index contributed by atoms with van der Waals surface area (Å²) in [5.74, 6) is 0.639. The molecule has 1 aliphatic heterocycles. The molecule has 0 saturated carbocycles. The van der Waals surface area contributed by atoms with E-state index in [9.17, 15) is 0 Å². The average Bonchev–Trinajstić information content (AvgIpc) is 2.70. The number of hydrogen-bond acceptors (Lipinski definition) is 2. The van der Waals surface area contributed by atoms with E-state index in [0.29, 0.717) is 18.0 Å². The highest BCUT2D eigenvalue weighted by molar-refractivity contribution is 5.12. The summed E-state index contributed by atoms with van der Waals surface area (Å²) in [4.78, 5) is 4.26. The van der Waals surface area contributed by atoms with Crippen molar-refractivity contribution in [3.8, 4) is 0 Å². The summed E-state index contributed by atoms with van der Waals surface area (Å²) in [5, 5.41) is 3.48. The highest BCUT2D eigenvalue weighted by Crippen LogP contribution is 2.28. The molecule has 3 nitrogen and oxygen atoms in total. The molecule has 1 fully saturated rings. The SMILES string of the molecule is CC1NCCC1c1cncn1C(C)C. The van der Waals surface area contributed by atoms with Gasteiger partial charge in [-0.25, -0.2) is 4.98 Å². The van der Waals surface area contributed by atoms with Crippen molar-refractivity contribution >= 4 is 0 Å². The lowest BCUT2D eigenvalue weighted by Gasteiger charge is -2.19. The van der Waals surface area contributed by atoms with E-state index in [1.807, 2.05) is 12.5 Å². The summed E-state index contributed by atoms with van der Waals surface area (Å²) in [7, 11) is 0. The number of nitrogens with one attached hydrogen (secondary N) is 1. The largest absolute Gasteiger partial charge is 0.332 e. The number of rotatable bonds is 2. The Morgan fingerprint density at radius 3 is 2.93 bits per heavy atom. The van der Waals surface area contributed by atoms with Crippen molar-refractivity contribution in [3.05, 3.63) is 18.2 Å². The van der Waals surface area contributed by atoms with Crippen LogP contribution in [0.3, 0.4) is 0 Å². The lowest BCUT2D eigenvalue weighted by molar-refractivity contribution is 0.510. The van der Waals surface area contributed by atoms with E-state index in [0.717, 1.165) is 6.54 Å². The molecule has 1 N–H and O–H groups in total. The minimum absolute atomic E-state index is 0.514. The van der Waals surface area contributed by atoms with Gasteiger partial charge in [-0.1, -0.05) is 0 Å². The second-order valence-electron chi connectivity index (χ2n) is 4.46. The molecular weight excluding hydrogens is 174 g/mol. The normalized spacial score (nSPS) is 27.4. The van der Waals surface area contributed by atoms with E-state index in [4.69, 9.17) is 0 Å². The quantitative estimate of drug-likeness (QED) is 0.777. The third-order valence-electron chi connectivity index (χ3n) is 3.16. The van der Waals surface area contributed by atoms with Gasteiger partial charge in [-0.15, -0.1) is 0 Å². The van der Waals surface area contributed by atoms with Gasteiger partial charge in [0.2, 0.25) is 0 Å². The van der Waals surface area contributed by atoms with Gasteiger partial charge >= 0.3 is 0 Å². The Balaban J connectivity index is 2.26. The van der Waals surface area contributed by atoms with Crippen LogP contribution in [0.4, 0.5) is 0 Å². The van der Waals surface area contributed by atoms with Crippen LogP contribution in [0.1, 0.15) is 44.8 Å². The molecule has 1 saturated heterocycles. The highest BCUT2D eigenvalue weighted by Gasteiger charge is 2.27. The Morgan fingerprint density at radius 1 is 1.57 bits per heavy atom. The van der Waals surface area contributed by atoms with Gasteiger partial charge in [-0.05, 0) is 33.7 Å². The highest BCUT2D eigenvalue weighted by atomic mass is 15.1. The van der Waals surface area contributed by atoms with Crippen LogP contribution >= 0.6 is 0 Å². The van der Waals surface area contributed by atoms with Crippen LogP contribution in [-0.2, 0) is 0 Å². The molecule has 2 rings (SSSR count). The first-order valence-corrected chi connectivity index (χ1v) is 5.45. The molecule has 0 aromatic carbocycles. The Morgan fingerprint density at radius 2 is 2.36 bits per heavy atom. The van der Waals surface area contributed by atoms with Crippen molar-refractivity contribution in [2.75, 3.05) is 6.54 Å². The lowest BCUT2D eigenvalue weighted by atomic mass is 9.98.